The second-order valence-electron chi connectivity index (χ2n) is 14.2. The van der Waals surface area contributed by atoms with Gasteiger partial charge in [0.2, 0.25) is 0 Å². The highest BCUT2D eigenvalue weighted by Crippen LogP contribution is 2.47. The van der Waals surface area contributed by atoms with E-state index in [4.69, 9.17) is 0 Å². The molecule has 2 aromatic heterocycles. The van der Waals surface area contributed by atoms with Crippen molar-refractivity contribution in [1.82, 2.24) is 9.13 Å². The van der Waals surface area contributed by atoms with Gasteiger partial charge in [-0.1, -0.05) is 128 Å². The van der Waals surface area contributed by atoms with Crippen molar-refractivity contribution in [2.75, 3.05) is 0 Å². The van der Waals surface area contributed by atoms with E-state index in [0.717, 1.165) is 6.42 Å². The Morgan fingerprint density at radius 1 is 0.451 bits per heavy atom. The third-order valence-corrected chi connectivity index (χ3v) is 11.3. The largest absolute Gasteiger partial charge is 0.313 e. The van der Waals surface area contributed by atoms with Gasteiger partial charge >= 0.3 is 0 Å². The van der Waals surface area contributed by atoms with Crippen molar-refractivity contribution in [1.29, 1.82) is 0 Å². The molecule has 2 heterocycles. The molecule has 1 unspecified atom stereocenters. The molecular weight excluding hydrogens is 617 g/mol. The minimum absolute atomic E-state index is 0.324. The molecule has 0 radical (unpaired) electrons. The monoisotopic (exact) mass is 650 g/mol. The van der Waals surface area contributed by atoms with Crippen molar-refractivity contribution in [2.24, 2.45) is 5.92 Å². The number of para-hydroxylation sites is 2. The van der Waals surface area contributed by atoms with E-state index in [1.807, 2.05) is 0 Å². The van der Waals surface area contributed by atoms with Crippen molar-refractivity contribution in [3.8, 4) is 11.4 Å². The molecule has 1 atom stereocenters. The molecule has 1 aliphatic rings. The molecule has 0 spiro atoms. The first kappa shape index (κ1) is 28.5. The van der Waals surface area contributed by atoms with Crippen LogP contribution in [-0.4, -0.2) is 9.13 Å². The molecule has 11 rings (SSSR count). The molecule has 0 amide bonds. The number of nitrogens with zero attached hydrogens (tertiary/aromatic N) is 2. The molecule has 0 bridgehead atoms. The van der Waals surface area contributed by atoms with Crippen LogP contribution in [0.4, 0.5) is 0 Å². The van der Waals surface area contributed by atoms with Gasteiger partial charge in [0.15, 0.2) is 0 Å². The van der Waals surface area contributed by atoms with Crippen LogP contribution < -0.4 is 0 Å². The number of hydrogen-bond donors (Lipinski definition) is 0. The van der Waals surface area contributed by atoms with Gasteiger partial charge in [-0.05, 0) is 104 Å². The summed E-state index contributed by atoms with van der Waals surface area (Å²) in [6, 6.07) is 60.4. The van der Waals surface area contributed by atoms with Crippen molar-refractivity contribution in [3.05, 3.63) is 181 Å². The van der Waals surface area contributed by atoms with E-state index in [1.165, 1.54) is 98.8 Å². The van der Waals surface area contributed by atoms with Gasteiger partial charge in [-0.25, -0.2) is 0 Å². The summed E-state index contributed by atoms with van der Waals surface area (Å²) < 4.78 is 5.00. The highest BCUT2D eigenvalue weighted by Gasteiger charge is 2.28. The zero-order chi connectivity index (χ0) is 33.6. The fraction of sp³-hybridized carbons (Fsp3) is 0.0612. The molecule has 10 aromatic rings. The maximum atomic E-state index is 2.51. The molecule has 51 heavy (non-hydrogen) atoms. The van der Waals surface area contributed by atoms with E-state index >= 15 is 0 Å². The summed E-state index contributed by atoms with van der Waals surface area (Å²) >= 11 is 0. The summed E-state index contributed by atoms with van der Waals surface area (Å²) in [5, 5.41) is 11.6. The van der Waals surface area contributed by atoms with Crippen LogP contribution in [-0.2, 0) is 6.42 Å². The third kappa shape index (κ3) is 4.11. The van der Waals surface area contributed by atoms with Crippen LogP contribution in [0, 0.1) is 5.92 Å². The number of aromatic nitrogens is 2. The first-order chi connectivity index (χ1) is 25.2. The summed E-state index contributed by atoms with van der Waals surface area (Å²) in [4.78, 5) is 0. The fourth-order valence-corrected chi connectivity index (χ4v) is 9.06. The van der Waals surface area contributed by atoms with E-state index in [0.29, 0.717) is 5.92 Å². The quantitative estimate of drug-likeness (QED) is 0.180. The van der Waals surface area contributed by atoms with E-state index in [-0.39, 0.29) is 0 Å². The van der Waals surface area contributed by atoms with Gasteiger partial charge in [0.25, 0.3) is 0 Å². The SMILES string of the molecule is CC1Cc2c(c3ccccc3n2-c2ccccc2)C=C1c1cc2c(c3ccccc13)c1c3ccccc3ccc1n2-c1ccc2ccccc2c1. The Labute approximate surface area is 296 Å². The van der Waals surface area contributed by atoms with Gasteiger partial charge in [-0.2, -0.15) is 0 Å². The van der Waals surface area contributed by atoms with E-state index in [2.05, 4.69) is 186 Å². The van der Waals surface area contributed by atoms with Crippen LogP contribution in [0.1, 0.15) is 23.7 Å². The van der Waals surface area contributed by atoms with Gasteiger partial charge in [-0.15, -0.1) is 0 Å². The smallest absolute Gasteiger partial charge is 0.0553 e. The lowest BCUT2D eigenvalue weighted by molar-refractivity contribution is 0.709. The molecular formula is C49H34N2. The summed E-state index contributed by atoms with van der Waals surface area (Å²) in [5.74, 6) is 0.324. The van der Waals surface area contributed by atoms with Gasteiger partial charge < -0.3 is 9.13 Å². The standard InChI is InChI=1S/C49H34N2/c1-31-27-46-43(39-20-11-12-22-44(39)50(46)35-16-3-2-4-17-35)29-41(31)42-30-47-49(40-21-10-9-19-38(40)42)48-37-18-8-7-14-33(37)24-26-45(48)51(47)36-25-23-32-13-5-6-15-34(32)28-36/h2-26,28-31H,27H2,1H3. The average Bonchev–Trinajstić information content (AvgIpc) is 3.70. The first-order valence-electron chi connectivity index (χ1n) is 18.0. The minimum atomic E-state index is 0.324. The van der Waals surface area contributed by atoms with E-state index < -0.39 is 0 Å². The number of fused-ring (bicyclic) bond motifs is 11. The van der Waals surface area contributed by atoms with E-state index in [1.54, 1.807) is 0 Å². The second kappa shape index (κ2) is 10.8. The van der Waals surface area contributed by atoms with Crippen molar-refractivity contribution >= 4 is 76.7 Å². The van der Waals surface area contributed by atoms with Gasteiger partial charge in [0.1, 0.15) is 0 Å². The second-order valence-corrected chi connectivity index (χ2v) is 14.2. The van der Waals surface area contributed by atoms with Crippen LogP contribution >= 0.6 is 0 Å². The molecule has 0 N–H and O–H groups in total. The normalized spacial score (nSPS) is 14.6. The number of benzene rings is 8. The summed E-state index contributed by atoms with van der Waals surface area (Å²) in [6.07, 6.45) is 3.48. The number of hydrogen-bond acceptors (Lipinski definition) is 0. The predicted molar refractivity (Wildman–Crippen MR) is 217 cm³/mol. The Morgan fingerprint density at radius 2 is 1.10 bits per heavy atom. The zero-order valence-electron chi connectivity index (χ0n) is 28.3. The molecule has 0 fully saturated rings. The van der Waals surface area contributed by atoms with Crippen molar-refractivity contribution in [2.45, 2.75) is 13.3 Å². The Balaban J connectivity index is 1.26. The van der Waals surface area contributed by atoms with Crippen LogP contribution in [0.15, 0.2) is 164 Å². The maximum absolute atomic E-state index is 2.51. The van der Waals surface area contributed by atoms with Crippen LogP contribution in [0.5, 0.6) is 0 Å². The molecule has 0 saturated carbocycles. The lowest BCUT2D eigenvalue weighted by Gasteiger charge is -2.25. The zero-order valence-corrected chi connectivity index (χ0v) is 28.3. The molecule has 2 nitrogen and oxygen atoms in total. The van der Waals surface area contributed by atoms with Crippen LogP contribution in [0.3, 0.4) is 0 Å². The first-order valence-corrected chi connectivity index (χ1v) is 18.0. The molecule has 0 aliphatic heterocycles. The molecule has 240 valence electrons. The maximum Gasteiger partial charge on any atom is 0.0553 e. The number of allylic oxidation sites excluding steroid dienone is 1. The summed E-state index contributed by atoms with van der Waals surface area (Å²) in [6.45, 7) is 2.41. The Kier molecular flexibility index (Phi) is 6.03. The lowest BCUT2D eigenvalue weighted by Crippen LogP contribution is -2.13. The van der Waals surface area contributed by atoms with Crippen molar-refractivity contribution < 1.29 is 0 Å². The van der Waals surface area contributed by atoms with Crippen LogP contribution in [0.2, 0.25) is 0 Å². The summed E-state index contributed by atoms with van der Waals surface area (Å²) in [5.41, 5.74) is 11.6. The van der Waals surface area contributed by atoms with E-state index in [9.17, 15) is 0 Å². The van der Waals surface area contributed by atoms with Gasteiger partial charge in [0.05, 0.1) is 16.6 Å². The average molecular weight is 651 g/mol. The Bertz CT molecular complexity index is 3060. The van der Waals surface area contributed by atoms with Gasteiger partial charge in [-0.3, -0.25) is 0 Å². The molecule has 8 aromatic carbocycles. The summed E-state index contributed by atoms with van der Waals surface area (Å²) in [7, 11) is 0. The van der Waals surface area contributed by atoms with Gasteiger partial charge in [0, 0.05) is 38.8 Å². The third-order valence-electron chi connectivity index (χ3n) is 11.3. The Morgan fingerprint density at radius 3 is 1.94 bits per heavy atom. The fourth-order valence-electron chi connectivity index (χ4n) is 9.06. The minimum Gasteiger partial charge on any atom is -0.313 e. The molecule has 1 aliphatic carbocycles. The topological polar surface area (TPSA) is 9.86 Å². The highest BCUT2D eigenvalue weighted by molar-refractivity contribution is 6.30. The lowest BCUT2D eigenvalue weighted by atomic mass is 9.81. The predicted octanol–water partition coefficient (Wildman–Crippen LogP) is 12.9. The highest BCUT2D eigenvalue weighted by atomic mass is 15.0. The molecule has 0 saturated heterocycles. The molecule has 2 heteroatoms. The van der Waals surface area contributed by atoms with Crippen LogP contribution in [0.25, 0.3) is 88.1 Å². The number of rotatable bonds is 3. The Hall–Kier alpha value is -6.38. The van der Waals surface area contributed by atoms with Crippen molar-refractivity contribution in [3.63, 3.8) is 0 Å².